The van der Waals surface area contributed by atoms with E-state index >= 15 is 0 Å². The Morgan fingerprint density at radius 3 is 2.81 bits per heavy atom. The Kier molecular flexibility index (Phi) is 3.25. The van der Waals surface area contributed by atoms with Crippen LogP contribution in [0.4, 0.5) is 11.6 Å². The normalized spacial score (nSPS) is 10.4. The smallest absolute Gasteiger partial charge is 0.204 e. The van der Waals surface area contributed by atoms with Gasteiger partial charge in [0.1, 0.15) is 0 Å². The summed E-state index contributed by atoms with van der Waals surface area (Å²) in [6, 6.07) is 8.35. The Labute approximate surface area is 95.9 Å². The Hall–Kier alpha value is -1.77. The zero-order chi connectivity index (χ0) is 11.4. The van der Waals surface area contributed by atoms with E-state index < -0.39 is 0 Å². The molecule has 0 aliphatic carbocycles. The Morgan fingerprint density at radius 2 is 2.12 bits per heavy atom. The van der Waals surface area contributed by atoms with Gasteiger partial charge in [0.15, 0.2) is 0 Å². The molecule has 2 N–H and O–H groups in total. The zero-order valence-electron chi connectivity index (χ0n) is 9.75. The summed E-state index contributed by atoms with van der Waals surface area (Å²) in [5.74, 6) is 0.807. The zero-order valence-corrected chi connectivity index (χ0v) is 9.75. The molecule has 0 spiro atoms. The molecule has 0 atom stereocenters. The summed E-state index contributed by atoms with van der Waals surface area (Å²) in [4.78, 5) is 7.42. The molecule has 0 fully saturated rings. The third-order valence-corrected chi connectivity index (χ3v) is 2.49. The first-order valence-corrected chi connectivity index (χ1v) is 5.66. The van der Waals surface area contributed by atoms with Gasteiger partial charge < -0.3 is 10.3 Å². The number of hydrogen-bond donors (Lipinski definition) is 2. The molecular weight excluding hydrogens is 198 g/mol. The van der Waals surface area contributed by atoms with E-state index in [0.717, 1.165) is 30.2 Å². The van der Waals surface area contributed by atoms with Gasteiger partial charge in [-0.3, -0.25) is 0 Å². The predicted octanol–water partition coefficient (Wildman–Crippen LogP) is 3.41. The number of aromatic nitrogens is 2. The maximum Gasteiger partial charge on any atom is 0.204 e. The number of anilines is 2. The van der Waals surface area contributed by atoms with Gasteiger partial charge >= 0.3 is 0 Å². The summed E-state index contributed by atoms with van der Waals surface area (Å²) in [7, 11) is 0. The fraction of sp³-hybridized carbons (Fsp3) is 0.308. The van der Waals surface area contributed by atoms with Gasteiger partial charge in [-0.1, -0.05) is 31.5 Å². The van der Waals surface area contributed by atoms with E-state index in [1.165, 1.54) is 5.56 Å². The molecule has 0 aliphatic rings. The molecule has 0 aliphatic heterocycles. The van der Waals surface area contributed by atoms with Gasteiger partial charge in [0, 0.05) is 17.6 Å². The van der Waals surface area contributed by atoms with Crippen molar-refractivity contribution >= 4 is 11.6 Å². The summed E-state index contributed by atoms with van der Waals surface area (Å²) in [6.07, 6.45) is 4.06. The number of benzene rings is 1. The van der Waals surface area contributed by atoms with Gasteiger partial charge in [0.2, 0.25) is 5.95 Å². The van der Waals surface area contributed by atoms with Crippen molar-refractivity contribution in [1.29, 1.82) is 0 Å². The highest BCUT2D eigenvalue weighted by Gasteiger charge is 2.02. The predicted molar refractivity (Wildman–Crippen MR) is 67.0 cm³/mol. The second-order valence-corrected chi connectivity index (χ2v) is 3.95. The Balaban J connectivity index is 2.20. The highest BCUT2D eigenvalue weighted by molar-refractivity contribution is 5.58. The van der Waals surface area contributed by atoms with Crippen molar-refractivity contribution in [1.82, 2.24) is 9.97 Å². The first-order valence-electron chi connectivity index (χ1n) is 5.66. The SMILES string of the molecule is CCCc1ccccc1Nc1ncc(C)[nH]1. The first kappa shape index (κ1) is 10.7. The van der Waals surface area contributed by atoms with E-state index in [2.05, 4.69) is 40.4 Å². The maximum atomic E-state index is 4.25. The molecule has 0 amide bonds. The second kappa shape index (κ2) is 4.84. The van der Waals surface area contributed by atoms with Crippen LogP contribution in [0.5, 0.6) is 0 Å². The molecule has 3 heteroatoms. The molecule has 0 saturated carbocycles. The fourth-order valence-electron chi connectivity index (χ4n) is 1.73. The molecule has 0 unspecified atom stereocenters. The molecule has 1 aromatic carbocycles. The van der Waals surface area contributed by atoms with Crippen molar-refractivity contribution in [2.75, 3.05) is 5.32 Å². The van der Waals surface area contributed by atoms with Crippen LogP contribution >= 0.6 is 0 Å². The summed E-state index contributed by atoms with van der Waals surface area (Å²) in [6.45, 7) is 4.18. The minimum atomic E-state index is 0.807. The van der Waals surface area contributed by atoms with Crippen LogP contribution in [-0.2, 0) is 6.42 Å². The molecule has 2 aromatic rings. The molecule has 84 valence electrons. The third-order valence-electron chi connectivity index (χ3n) is 2.49. The molecule has 1 aromatic heterocycles. The van der Waals surface area contributed by atoms with E-state index in [-0.39, 0.29) is 0 Å². The molecule has 0 bridgehead atoms. The van der Waals surface area contributed by atoms with Crippen molar-refractivity contribution in [2.24, 2.45) is 0 Å². The van der Waals surface area contributed by atoms with Crippen molar-refractivity contribution < 1.29 is 0 Å². The molecular formula is C13H17N3. The largest absolute Gasteiger partial charge is 0.328 e. The number of rotatable bonds is 4. The monoisotopic (exact) mass is 215 g/mol. The average molecular weight is 215 g/mol. The van der Waals surface area contributed by atoms with Crippen LogP contribution < -0.4 is 5.32 Å². The van der Waals surface area contributed by atoms with E-state index in [9.17, 15) is 0 Å². The lowest BCUT2D eigenvalue weighted by Gasteiger charge is -2.08. The summed E-state index contributed by atoms with van der Waals surface area (Å²) in [5.41, 5.74) is 3.54. The third kappa shape index (κ3) is 2.42. The lowest BCUT2D eigenvalue weighted by atomic mass is 10.1. The van der Waals surface area contributed by atoms with E-state index in [1.54, 1.807) is 0 Å². The van der Waals surface area contributed by atoms with Crippen LogP contribution in [0.1, 0.15) is 24.6 Å². The minimum absolute atomic E-state index is 0.807. The van der Waals surface area contributed by atoms with Crippen molar-refractivity contribution in [3.63, 3.8) is 0 Å². The number of hydrogen-bond acceptors (Lipinski definition) is 2. The van der Waals surface area contributed by atoms with Gasteiger partial charge in [-0.25, -0.2) is 4.98 Å². The summed E-state index contributed by atoms with van der Waals surface area (Å²) in [5, 5.41) is 3.31. The number of H-pyrrole nitrogens is 1. The highest BCUT2D eigenvalue weighted by Crippen LogP contribution is 2.20. The topological polar surface area (TPSA) is 40.7 Å². The van der Waals surface area contributed by atoms with E-state index in [4.69, 9.17) is 0 Å². The molecule has 0 radical (unpaired) electrons. The van der Waals surface area contributed by atoms with Crippen LogP contribution in [0, 0.1) is 6.92 Å². The Bertz CT molecular complexity index is 460. The summed E-state index contributed by atoms with van der Waals surface area (Å²) < 4.78 is 0. The van der Waals surface area contributed by atoms with Crippen LogP contribution in [0.3, 0.4) is 0 Å². The number of nitrogens with one attached hydrogen (secondary N) is 2. The number of nitrogens with zero attached hydrogens (tertiary/aromatic N) is 1. The maximum absolute atomic E-state index is 4.25. The molecule has 2 rings (SSSR count). The van der Waals surface area contributed by atoms with Crippen molar-refractivity contribution in [3.8, 4) is 0 Å². The van der Waals surface area contributed by atoms with Gasteiger partial charge in [-0.05, 0) is 25.0 Å². The quantitative estimate of drug-likeness (QED) is 0.820. The minimum Gasteiger partial charge on any atom is -0.328 e. The molecule has 0 saturated heterocycles. The fourth-order valence-corrected chi connectivity index (χ4v) is 1.73. The average Bonchev–Trinajstić information content (AvgIpc) is 2.67. The Morgan fingerprint density at radius 1 is 1.31 bits per heavy atom. The number of para-hydroxylation sites is 1. The standard InChI is InChI=1S/C13H17N3/c1-3-6-11-7-4-5-8-12(11)16-13-14-9-10(2)15-13/h4-5,7-9H,3,6H2,1-2H3,(H2,14,15,16). The van der Waals surface area contributed by atoms with Crippen LogP contribution in [0.25, 0.3) is 0 Å². The van der Waals surface area contributed by atoms with Gasteiger partial charge in [-0.15, -0.1) is 0 Å². The van der Waals surface area contributed by atoms with Crippen LogP contribution in [0.15, 0.2) is 30.5 Å². The molecule has 3 nitrogen and oxygen atoms in total. The van der Waals surface area contributed by atoms with E-state index in [0.29, 0.717) is 0 Å². The van der Waals surface area contributed by atoms with E-state index in [1.807, 2.05) is 19.2 Å². The first-order chi connectivity index (χ1) is 7.79. The van der Waals surface area contributed by atoms with Crippen molar-refractivity contribution in [2.45, 2.75) is 26.7 Å². The molecule has 16 heavy (non-hydrogen) atoms. The van der Waals surface area contributed by atoms with Gasteiger partial charge in [0.05, 0.1) is 0 Å². The van der Waals surface area contributed by atoms with Crippen molar-refractivity contribution in [3.05, 3.63) is 41.7 Å². The number of aromatic amines is 1. The lowest BCUT2D eigenvalue weighted by molar-refractivity contribution is 0.923. The number of imidazole rings is 1. The lowest BCUT2D eigenvalue weighted by Crippen LogP contribution is -1.97. The summed E-state index contributed by atoms with van der Waals surface area (Å²) >= 11 is 0. The molecule has 1 heterocycles. The second-order valence-electron chi connectivity index (χ2n) is 3.95. The van der Waals surface area contributed by atoms with Gasteiger partial charge in [0.25, 0.3) is 0 Å². The number of aryl methyl sites for hydroxylation is 2. The highest BCUT2D eigenvalue weighted by atomic mass is 15.1. The van der Waals surface area contributed by atoms with Crippen LogP contribution in [0.2, 0.25) is 0 Å². The van der Waals surface area contributed by atoms with Crippen LogP contribution in [-0.4, -0.2) is 9.97 Å². The van der Waals surface area contributed by atoms with Gasteiger partial charge in [-0.2, -0.15) is 0 Å².